The van der Waals surface area contributed by atoms with Gasteiger partial charge in [-0.25, -0.2) is 15.2 Å². The molecule has 41 heavy (non-hydrogen) atoms. The predicted molar refractivity (Wildman–Crippen MR) is 158 cm³/mol. The van der Waals surface area contributed by atoms with Crippen molar-refractivity contribution in [2.45, 2.75) is 32.2 Å². The van der Waals surface area contributed by atoms with Gasteiger partial charge in [-0.15, -0.1) is 0 Å². The Balaban J connectivity index is 1.60. The van der Waals surface area contributed by atoms with Crippen LogP contribution in [-0.2, 0) is 4.79 Å². The van der Waals surface area contributed by atoms with E-state index in [1.165, 1.54) is 46.5 Å². The van der Waals surface area contributed by atoms with Crippen molar-refractivity contribution < 1.29 is 9.18 Å². The number of anilines is 2. The standard InChI is InChI=1S/C30H29ClFN7O2/c1-18-3-2-4-28(26-13-19(9-11-35-26)22-15-21(32)6-7-24(22)37-30(18)41)38-17-36-25(16-29(38)40)23-14-20(31)5-8-27(23)39(34)12-10-33/h5-18,28H,2-4,33-34H2,1H3,(H,37,41)/b12-10-. The van der Waals surface area contributed by atoms with Crippen molar-refractivity contribution in [1.29, 1.82) is 0 Å². The maximum atomic E-state index is 14.3. The summed E-state index contributed by atoms with van der Waals surface area (Å²) in [6, 6.07) is 13.8. The fourth-order valence-corrected chi connectivity index (χ4v) is 5.17. The van der Waals surface area contributed by atoms with E-state index in [1.807, 2.05) is 13.0 Å². The molecule has 2 aromatic heterocycles. The number of halogens is 2. The Labute approximate surface area is 241 Å². The molecule has 5 rings (SSSR count). The number of fused-ring (bicyclic) bond motifs is 4. The molecule has 0 spiro atoms. The summed E-state index contributed by atoms with van der Waals surface area (Å²) in [5.41, 5.74) is 9.03. The Kier molecular flexibility index (Phi) is 8.14. The topological polar surface area (TPSA) is 132 Å². The van der Waals surface area contributed by atoms with Crippen molar-refractivity contribution in [2.75, 3.05) is 10.3 Å². The summed E-state index contributed by atoms with van der Waals surface area (Å²) in [6.07, 6.45) is 7.65. The molecular weight excluding hydrogens is 545 g/mol. The van der Waals surface area contributed by atoms with E-state index in [0.717, 1.165) is 0 Å². The number of benzene rings is 2. The van der Waals surface area contributed by atoms with Crippen LogP contribution >= 0.6 is 11.6 Å². The maximum absolute atomic E-state index is 14.3. The lowest BCUT2D eigenvalue weighted by atomic mass is 9.95. The van der Waals surface area contributed by atoms with Crippen molar-refractivity contribution >= 4 is 28.9 Å². The third-order valence-corrected chi connectivity index (χ3v) is 7.40. The minimum atomic E-state index is -0.472. The maximum Gasteiger partial charge on any atom is 0.254 e. The van der Waals surface area contributed by atoms with Crippen LogP contribution in [0, 0.1) is 11.7 Å². The number of hydrogen-bond acceptors (Lipinski definition) is 7. The highest BCUT2D eigenvalue weighted by Crippen LogP contribution is 2.34. The van der Waals surface area contributed by atoms with Crippen molar-refractivity contribution in [3.63, 3.8) is 0 Å². The molecule has 1 aliphatic heterocycles. The fraction of sp³-hybridized carbons (Fsp3) is 0.200. The quantitative estimate of drug-likeness (QED) is 0.225. The second-order valence-corrected chi connectivity index (χ2v) is 10.4. The first-order valence-electron chi connectivity index (χ1n) is 13.1. The number of amides is 1. The van der Waals surface area contributed by atoms with E-state index < -0.39 is 11.9 Å². The van der Waals surface area contributed by atoms with Crippen molar-refractivity contribution in [3.8, 4) is 22.4 Å². The number of nitrogens with one attached hydrogen (secondary N) is 1. The molecule has 210 valence electrons. The zero-order valence-corrected chi connectivity index (χ0v) is 23.1. The predicted octanol–water partition coefficient (Wildman–Crippen LogP) is 5.22. The van der Waals surface area contributed by atoms with E-state index in [1.54, 1.807) is 36.5 Å². The lowest BCUT2D eigenvalue weighted by molar-refractivity contribution is -0.119. The van der Waals surface area contributed by atoms with Gasteiger partial charge in [0.05, 0.1) is 29.4 Å². The number of pyridine rings is 1. The van der Waals surface area contributed by atoms with Gasteiger partial charge in [0.15, 0.2) is 0 Å². The van der Waals surface area contributed by atoms with E-state index in [2.05, 4.69) is 15.3 Å². The minimum Gasteiger partial charge on any atom is -0.403 e. The zero-order valence-electron chi connectivity index (χ0n) is 22.3. The molecule has 11 heteroatoms. The largest absolute Gasteiger partial charge is 0.403 e. The van der Waals surface area contributed by atoms with Gasteiger partial charge >= 0.3 is 0 Å². The van der Waals surface area contributed by atoms with Crippen LogP contribution in [0.3, 0.4) is 0 Å². The molecule has 2 unspecified atom stereocenters. The molecule has 2 aromatic carbocycles. The van der Waals surface area contributed by atoms with Gasteiger partial charge in [-0.05, 0) is 66.9 Å². The minimum absolute atomic E-state index is 0.150. The number of carbonyl (C=O) groups excluding carboxylic acids is 1. The first-order chi connectivity index (χ1) is 19.7. The summed E-state index contributed by atoms with van der Waals surface area (Å²) in [7, 11) is 0. The molecular formula is C30H29ClFN7O2. The number of rotatable bonds is 4. The number of hydrogen-bond donors (Lipinski definition) is 3. The Hall–Kier alpha value is -4.54. The average Bonchev–Trinajstić information content (AvgIpc) is 2.96. The van der Waals surface area contributed by atoms with Crippen LogP contribution in [0.15, 0.2) is 84.3 Å². The molecule has 4 aromatic rings. The number of carbonyl (C=O) groups is 1. The SMILES string of the molecule is CC1CCCC(n2cnc(-c3cc(Cl)ccc3N(N)/C=C\N)cc2=O)c2cc(ccn2)-c2cc(F)ccc2NC1=O. The van der Waals surface area contributed by atoms with Crippen molar-refractivity contribution in [2.24, 2.45) is 17.5 Å². The Morgan fingerprint density at radius 3 is 2.68 bits per heavy atom. The summed E-state index contributed by atoms with van der Waals surface area (Å²) in [5, 5.41) is 4.71. The Morgan fingerprint density at radius 1 is 1.07 bits per heavy atom. The molecule has 2 atom stereocenters. The van der Waals surface area contributed by atoms with Crippen LogP contribution in [0.2, 0.25) is 5.02 Å². The van der Waals surface area contributed by atoms with E-state index in [4.69, 9.17) is 23.2 Å². The van der Waals surface area contributed by atoms with Crippen LogP contribution in [0.4, 0.5) is 15.8 Å². The van der Waals surface area contributed by atoms with Gasteiger partial charge in [0.25, 0.3) is 5.56 Å². The first-order valence-corrected chi connectivity index (χ1v) is 13.5. The highest BCUT2D eigenvalue weighted by Gasteiger charge is 2.23. The van der Waals surface area contributed by atoms with Gasteiger partial charge < -0.3 is 11.1 Å². The molecule has 9 nitrogen and oxygen atoms in total. The number of nitrogens with two attached hydrogens (primary N) is 2. The molecule has 0 saturated carbocycles. The highest BCUT2D eigenvalue weighted by molar-refractivity contribution is 6.31. The third kappa shape index (κ3) is 5.98. The molecule has 1 amide bonds. The van der Waals surface area contributed by atoms with Gasteiger partial charge in [-0.3, -0.25) is 24.1 Å². The van der Waals surface area contributed by atoms with Gasteiger partial charge in [0.1, 0.15) is 5.82 Å². The van der Waals surface area contributed by atoms with Crippen LogP contribution in [0.25, 0.3) is 22.4 Å². The monoisotopic (exact) mass is 573 g/mol. The van der Waals surface area contributed by atoms with Crippen molar-refractivity contribution in [3.05, 3.63) is 106 Å². The summed E-state index contributed by atoms with van der Waals surface area (Å²) in [4.78, 5) is 35.7. The second kappa shape index (κ2) is 11.9. The normalized spacial score (nSPS) is 17.3. The zero-order chi connectivity index (χ0) is 29.1. The molecule has 2 bridgehead atoms. The van der Waals surface area contributed by atoms with E-state index in [-0.39, 0.29) is 17.4 Å². The fourth-order valence-electron chi connectivity index (χ4n) is 5.00. The lowest BCUT2D eigenvalue weighted by Crippen LogP contribution is -2.28. The van der Waals surface area contributed by atoms with Gasteiger partial charge in [0, 0.05) is 52.4 Å². The average molecular weight is 574 g/mol. The molecule has 0 saturated heterocycles. The molecule has 0 radical (unpaired) electrons. The Morgan fingerprint density at radius 2 is 1.90 bits per heavy atom. The van der Waals surface area contributed by atoms with Crippen molar-refractivity contribution in [1.82, 2.24) is 14.5 Å². The molecule has 0 aliphatic carbocycles. The van der Waals surface area contributed by atoms with Gasteiger partial charge in [-0.1, -0.05) is 24.9 Å². The lowest BCUT2D eigenvalue weighted by Gasteiger charge is -2.23. The highest BCUT2D eigenvalue weighted by atomic mass is 35.5. The van der Waals surface area contributed by atoms with E-state index in [9.17, 15) is 14.0 Å². The Bertz CT molecular complexity index is 1690. The van der Waals surface area contributed by atoms with Gasteiger partial charge in [0.2, 0.25) is 5.91 Å². The second-order valence-electron chi connectivity index (χ2n) is 9.93. The van der Waals surface area contributed by atoms with Crippen LogP contribution in [0.5, 0.6) is 0 Å². The molecule has 0 fully saturated rings. The summed E-state index contributed by atoms with van der Waals surface area (Å²) in [6.45, 7) is 1.85. The molecule has 1 aliphatic rings. The van der Waals surface area contributed by atoms with Crippen LogP contribution in [0.1, 0.15) is 37.9 Å². The smallest absolute Gasteiger partial charge is 0.254 e. The summed E-state index contributed by atoms with van der Waals surface area (Å²) in [5.74, 6) is 5.24. The van der Waals surface area contributed by atoms with Gasteiger partial charge in [-0.2, -0.15) is 0 Å². The first kappa shape index (κ1) is 28.0. The van der Waals surface area contributed by atoms with E-state index >= 15 is 0 Å². The number of nitrogens with zero attached hydrogens (tertiary/aromatic N) is 4. The number of hydrazine groups is 1. The summed E-state index contributed by atoms with van der Waals surface area (Å²) >= 11 is 6.26. The molecule has 3 heterocycles. The van der Waals surface area contributed by atoms with E-state index in [0.29, 0.717) is 63.7 Å². The third-order valence-electron chi connectivity index (χ3n) is 7.17. The molecule has 5 N–H and O–H groups in total. The van der Waals surface area contributed by atoms with Crippen LogP contribution < -0.4 is 27.5 Å². The van der Waals surface area contributed by atoms with Crippen LogP contribution in [-0.4, -0.2) is 20.4 Å². The number of aromatic nitrogens is 3. The summed E-state index contributed by atoms with van der Waals surface area (Å²) < 4.78 is 15.8.